The van der Waals surface area contributed by atoms with Gasteiger partial charge in [0, 0.05) is 61.0 Å². The van der Waals surface area contributed by atoms with Crippen LogP contribution in [0.2, 0.25) is 0 Å². The van der Waals surface area contributed by atoms with Crippen molar-refractivity contribution in [2.75, 3.05) is 55.7 Å². The molecular formula is C36H39F4N7O2. The molecule has 1 aliphatic carbocycles. The van der Waals surface area contributed by atoms with Crippen LogP contribution in [-0.4, -0.2) is 89.2 Å². The Balaban J connectivity index is 1.31. The summed E-state index contributed by atoms with van der Waals surface area (Å²) in [5.41, 5.74) is 4.31. The number of hydrogen-bond acceptors (Lipinski definition) is 7. The van der Waals surface area contributed by atoms with Gasteiger partial charge in [0.25, 0.3) is 0 Å². The van der Waals surface area contributed by atoms with Gasteiger partial charge in [-0.3, -0.25) is 9.89 Å². The van der Waals surface area contributed by atoms with E-state index >= 15 is 0 Å². The second-order valence-electron chi connectivity index (χ2n) is 14.2. The summed E-state index contributed by atoms with van der Waals surface area (Å²) in [6.45, 7) is 7.60. The fourth-order valence-electron chi connectivity index (χ4n) is 7.94. The van der Waals surface area contributed by atoms with E-state index in [1.54, 1.807) is 6.20 Å². The maximum Gasteiger partial charge on any atom is 0.422 e. The van der Waals surface area contributed by atoms with Crippen molar-refractivity contribution in [2.24, 2.45) is 5.41 Å². The first kappa shape index (κ1) is 31.8. The molecule has 4 aromatic rings. The van der Waals surface area contributed by atoms with Gasteiger partial charge >= 0.3 is 6.18 Å². The van der Waals surface area contributed by atoms with Gasteiger partial charge in [-0.15, -0.1) is 0 Å². The Bertz CT molecular complexity index is 1930. The molecular weight excluding hydrogens is 638 g/mol. The fourth-order valence-corrected chi connectivity index (χ4v) is 7.94. The van der Waals surface area contributed by atoms with Crippen molar-refractivity contribution in [1.82, 2.24) is 25.1 Å². The van der Waals surface area contributed by atoms with Gasteiger partial charge in [-0.05, 0) is 86.3 Å². The second kappa shape index (κ2) is 11.9. The van der Waals surface area contributed by atoms with Crippen molar-refractivity contribution in [3.8, 4) is 16.9 Å². The fraction of sp³-hybridized carbons (Fsp3) is 0.500. The minimum Gasteiger partial charge on any atom is -0.481 e. The predicted octanol–water partition coefficient (Wildman–Crippen LogP) is 6.85. The Hall–Kier alpha value is -4.42. The molecule has 1 N–H and O–H groups in total. The smallest absolute Gasteiger partial charge is 0.422 e. The van der Waals surface area contributed by atoms with Crippen molar-refractivity contribution in [3.05, 3.63) is 48.2 Å². The number of carbonyl (C=O) groups excluding carboxylic acids is 1. The lowest BCUT2D eigenvalue weighted by molar-refractivity contribution is -0.153. The van der Waals surface area contributed by atoms with Crippen molar-refractivity contribution >= 4 is 39.5 Å². The molecule has 0 bridgehead atoms. The number of amides is 1. The standard InChI is InChI=1S/C36H39F4N7O2/c1-3-28(48)47-18-35(19-47)10-14-45(15-11-35)33-25-16-24(22-5-6-22)30(29-21(2)4-7-27-26(29)17-41-44-27)32(49-20-36(38,39)40)31(25)42-34(43-33)46-12-8-23(37)9-13-46/h3-4,7,16-17,22-23H,1,5-6,8-15,18-20H2,2H3,(H,41,44). The summed E-state index contributed by atoms with van der Waals surface area (Å²) >= 11 is 0. The summed E-state index contributed by atoms with van der Waals surface area (Å²) in [5.74, 6) is 1.19. The number of piperidine rings is 2. The molecule has 2 aromatic carbocycles. The third kappa shape index (κ3) is 5.84. The van der Waals surface area contributed by atoms with Crippen LogP contribution in [0.4, 0.5) is 29.3 Å². The molecule has 9 nitrogen and oxygen atoms in total. The van der Waals surface area contributed by atoms with Gasteiger partial charge in [0.05, 0.1) is 11.7 Å². The maximum absolute atomic E-state index is 14.2. The molecule has 1 saturated carbocycles. The maximum atomic E-state index is 14.2. The summed E-state index contributed by atoms with van der Waals surface area (Å²) < 4.78 is 62.0. The van der Waals surface area contributed by atoms with Gasteiger partial charge in [0.15, 0.2) is 12.4 Å². The first-order valence-electron chi connectivity index (χ1n) is 17.1. The molecule has 4 fully saturated rings. The topological polar surface area (TPSA) is 90.5 Å². The van der Waals surface area contributed by atoms with Crippen molar-refractivity contribution in [3.63, 3.8) is 0 Å². The second-order valence-corrected chi connectivity index (χ2v) is 14.2. The van der Waals surface area contributed by atoms with Crippen molar-refractivity contribution < 1.29 is 27.1 Å². The monoisotopic (exact) mass is 677 g/mol. The number of anilines is 2. The summed E-state index contributed by atoms with van der Waals surface area (Å²) in [7, 11) is 0. The van der Waals surface area contributed by atoms with Crippen LogP contribution in [0.15, 0.2) is 37.1 Å². The lowest BCUT2D eigenvalue weighted by atomic mass is 9.72. The number of ether oxygens (including phenoxy) is 1. The summed E-state index contributed by atoms with van der Waals surface area (Å²) in [5, 5.41) is 8.70. The SMILES string of the molecule is C=CC(=O)N1CC2(CCN(c3nc(N4CCC(F)CC4)nc4c(OCC(F)(F)F)c(-c5c(C)ccc6[nH]ncc56)c(C5CC5)cc34)CC2)C1. The molecule has 49 heavy (non-hydrogen) atoms. The zero-order chi connectivity index (χ0) is 34.1. The number of alkyl halides is 4. The van der Waals surface area contributed by atoms with E-state index in [1.165, 1.54) is 6.08 Å². The molecule has 258 valence electrons. The Morgan fingerprint density at radius 3 is 2.45 bits per heavy atom. The minimum atomic E-state index is -4.58. The van der Waals surface area contributed by atoms with E-state index in [4.69, 9.17) is 14.7 Å². The third-order valence-electron chi connectivity index (χ3n) is 10.8. The van der Waals surface area contributed by atoms with Gasteiger partial charge < -0.3 is 19.4 Å². The summed E-state index contributed by atoms with van der Waals surface area (Å²) in [4.78, 5) is 28.2. The quantitative estimate of drug-likeness (QED) is 0.169. The number of nitrogens with zero attached hydrogens (tertiary/aromatic N) is 6. The highest BCUT2D eigenvalue weighted by molar-refractivity contribution is 6.06. The molecule has 1 amide bonds. The number of aromatic nitrogens is 4. The Morgan fingerprint density at radius 2 is 1.78 bits per heavy atom. The number of aromatic amines is 1. The zero-order valence-electron chi connectivity index (χ0n) is 27.5. The normalized spacial score (nSPS) is 19.9. The highest BCUT2D eigenvalue weighted by Crippen LogP contribution is 2.53. The molecule has 3 aliphatic heterocycles. The van der Waals surface area contributed by atoms with Crippen LogP contribution in [0, 0.1) is 12.3 Å². The molecule has 0 radical (unpaired) electrons. The molecule has 3 saturated heterocycles. The number of aryl methyl sites for hydroxylation is 1. The van der Waals surface area contributed by atoms with E-state index in [1.807, 2.05) is 28.9 Å². The molecule has 13 heteroatoms. The molecule has 4 aliphatic rings. The van der Waals surface area contributed by atoms with Crippen LogP contribution in [0.25, 0.3) is 32.9 Å². The lowest BCUT2D eigenvalue weighted by Gasteiger charge is -2.54. The van der Waals surface area contributed by atoms with Gasteiger partial charge in [-0.25, -0.2) is 9.37 Å². The molecule has 0 atom stereocenters. The van der Waals surface area contributed by atoms with Crippen LogP contribution in [0.3, 0.4) is 0 Å². The predicted molar refractivity (Wildman–Crippen MR) is 180 cm³/mol. The number of fused-ring (bicyclic) bond motifs is 2. The van der Waals surface area contributed by atoms with Crippen LogP contribution < -0.4 is 14.5 Å². The Labute approximate surface area is 281 Å². The van der Waals surface area contributed by atoms with E-state index in [0.29, 0.717) is 80.3 Å². The van der Waals surface area contributed by atoms with Gasteiger partial charge in [-0.2, -0.15) is 23.3 Å². The first-order valence-corrected chi connectivity index (χ1v) is 17.1. The molecule has 0 unspecified atom stereocenters. The number of likely N-dealkylation sites (tertiary alicyclic amines) is 1. The average molecular weight is 678 g/mol. The molecule has 5 heterocycles. The number of H-pyrrole nitrogens is 1. The van der Waals surface area contributed by atoms with Gasteiger partial charge in [0.2, 0.25) is 11.9 Å². The highest BCUT2D eigenvalue weighted by atomic mass is 19.4. The minimum absolute atomic E-state index is 0.0258. The van der Waals surface area contributed by atoms with E-state index in [-0.39, 0.29) is 23.0 Å². The highest BCUT2D eigenvalue weighted by Gasteiger charge is 2.46. The largest absolute Gasteiger partial charge is 0.481 e. The third-order valence-corrected chi connectivity index (χ3v) is 10.8. The van der Waals surface area contributed by atoms with E-state index < -0.39 is 19.0 Å². The van der Waals surface area contributed by atoms with Crippen molar-refractivity contribution in [2.45, 2.75) is 63.7 Å². The van der Waals surface area contributed by atoms with Crippen LogP contribution in [-0.2, 0) is 4.79 Å². The van der Waals surface area contributed by atoms with Crippen LogP contribution in [0.5, 0.6) is 5.75 Å². The number of nitrogens with one attached hydrogen (secondary N) is 1. The van der Waals surface area contributed by atoms with Gasteiger partial charge in [-0.1, -0.05) is 12.6 Å². The Morgan fingerprint density at radius 1 is 1.04 bits per heavy atom. The van der Waals surface area contributed by atoms with E-state index in [2.05, 4.69) is 27.7 Å². The van der Waals surface area contributed by atoms with E-state index in [9.17, 15) is 22.4 Å². The van der Waals surface area contributed by atoms with Gasteiger partial charge in [0.1, 0.15) is 17.5 Å². The number of benzene rings is 2. The van der Waals surface area contributed by atoms with Crippen molar-refractivity contribution in [1.29, 1.82) is 0 Å². The number of hydrogen-bond donors (Lipinski definition) is 1. The van der Waals surface area contributed by atoms with Crippen LogP contribution >= 0.6 is 0 Å². The summed E-state index contributed by atoms with van der Waals surface area (Å²) in [6, 6.07) is 5.93. The summed E-state index contributed by atoms with van der Waals surface area (Å²) in [6.07, 6.45) is 1.72. The van der Waals surface area contributed by atoms with E-state index in [0.717, 1.165) is 53.3 Å². The molecule has 2 aromatic heterocycles. The Kier molecular flexibility index (Phi) is 7.71. The molecule has 1 spiro atoms. The van der Waals surface area contributed by atoms with Crippen LogP contribution in [0.1, 0.15) is 55.6 Å². The number of rotatable bonds is 7. The zero-order valence-corrected chi connectivity index (χ0v) is 27.5. The number of carbonyl (C=O) groups is 1. The lowest BCUT2D eigenvalue weighted by Crippen LogP contribution is -2.61. The first-order chi connectivity index (χ1) is 23.5. The number of halogens is 4. The molecule has 8 rings (SSSR count). The average Bonchev–Trinajstić information content (AvgIpc) is 3.81.